The third-order valence-corrected chi connectivity index (χ3v) is 5.16. The van der Waals surface area contributed by atoms with Crippen LogP contribution in [0.5, 0.6) is 0 Å². The number of benzene rings is 2. The van der Waals surface area contributed by atoms with Crippen molar-refractivity contribution in [2.45, 2.75) is 26.8 Å². The number of carbonyl (C=O) groups is 2. The van der Waals surface area contributed by atoms with E-state index in [4.69, 9.17) is 0 Å². The van der Waals surface area contributed by atoms with Gasteiger partial charge in [0, 0.05) is 5.69 Å². The number of halogens is 1. The van der Waals surface area contributed by atoms with Crippen LogP contribution in [0.3, 0.4) is 0 Å². The molecule has 2 aromatic carbocycles. The first-order valence-corrected chi connectivity index (χ1v) is 9.87. The molecule has 0 bridgehead atoms. The minimum atomic E-state index is -0.538. The number of nitrogens with zero attached hydrogens (tertiary/aromatic N) is 2. The number of aromatic amines is 1. The van der Waals surface area contributed by atoms with Gasteiger partial charge in [-0.25, -0.2) is 13.9 Å². The van der Waals surface area contributed by atoms with Crippen LogP contribution in [0, 0.1) is 12.7 Å². The molecule has 0 saturated carbocycles. The molecule has 2 N–H and O–H groups in total. The van der Waals surface area contributed by atoms with E-state index >= 15 is 0 Å². The first kappa shape index (κ1) is 20.3. The lowest BCUT2D eigenvalue weighted by Gasteiger charge is -2.11. The van der Waals surface area contributed by atoms with Gasteiger partial charge in [0.25, 0.3) is 11.5 Å². The average molecular weight is 420 g/mol. The van der Waals surface area contributed by atoms with Gasteiger partial charge in [-0.2, -0.15) is 0 Å². The van der Waals surface area contributed by atoms with Crippen LogP contribution in [0.2, 0.25) is 0 Å². The maximum absolute atomic E-state index is 13.2. The van der Waals surface area contributed by atoms with E-state index in [-0.39, 0.29) is 17.8 Å². The fourth-order valence-corrected chi connectivity index (χ4v) is 3.42. The van der Waals surface area contributed by atoms with Crippen molar-refractivity contribution in [2.75, 3.05) is 0 Å². The molecular formula is C23H21FN4O3. The van der Waals surface area contributed by atoms with Crippen molar-refractivity contribution in [3.63, 3.8) is 0 Å². The third-order valence-electron chi connectivity index (χ3n) is 5.16. The van der Waals surface area contributed by atoms with Gasteiger partial charge in [0.1, 0.15) is 11.5 Å². The zero-order valence-corrected chi connectivity index (χ0v) is 17.1. The Hall–Kier alpha value is -3.94. The number of carbonyl (C=O) groups excluding carboxylic acids is 2. The molecule has 1 aliphatic rings. The minimum Gasteiger partial charge on any atom is -0.303 e. The normalized spacial score (nSPS) is 15.1. The number of imide groups is 1. The number of hydrogen-bond donors (Lipinski definition) is 2. The second kappa shape index (κ2) is 8.06. The van der Waals surface area contributed by atoms with Crippen molar-refractivity contribution in [1.82, 2.24) is 20.0 Å². The number of aryl methyl sites for hydroxylation is 2. The van der Waals surface area contributed by atoms with E-state index in [9.17, 15) is 18.8 Å². The van der Waals surface area contributed by atoms with Crippen LogP contribution in [0.25, 0.3) is 11.8 Å². The van der Waals surface area contributed by atoms with Crippen LogP contribution in [0.4, 0.5) is 9.18 Å². The van der Waals surface area contributed by atoms with E-state index in [1.54, 1.807) is 0 Å². The van der Waals surface area contributed by atoms with Crippen LogP contribution < -0.4 is 10.9 Å². The summed E-state index contributed by atoms with van der Waals surface area (Å²) in [5.41, 5.74) is 2.88. The number of aromatic nitrogens is 2. The number of urea groups is 1. The average Bonchev–Trinajstić information content (AvgIpc) is 3.21. The lowest BCUT2D eigenvalue weighted by Crippen LogP contribution is -2.30. The van der Waals surface area contributed by atoms with Crippen LogP contribution in [-0.2, 0) is 17.8 Å². The van der Waals surface area contributed by atoms with Crippen LogP contribution in [0.1, 0.15) is 29.3 Å². The summed E-state index contributed by atoms with van der Waals surface area (Å²) >= 11 is 0. The number of rotatable bonds is 5. The SMILES string of the molecule is CCc1[nH]n(-c2ccc(F)cc2)c(=O)c1/C=C1\NC(=O)N(Cc2ccc(C)cc2)C1=O. The minimum absolute atomic E-state index is 0.0363. The smallest absolute Gasteiger partial charge is 0.303 e. The first-order chi connectivity index (χ1) is 14.9. The quantitative estimate of drug-likeness (QED) is 0.491. The predicted molar refractivity (Wildman–Crippen MR) is 114 cm³/mol. The number of nitrogens with one attached hydrogen (secondary N) is 2. The maximum atomic E-state index is 13.2. The molecule has 8 heteroatoms. The monoisotopic (exact) mass is 420 g/mol. The lowest BCUT2D eigenvalue weighted by molar-refractivity contribution is -0.123. The van der Waals surface area contributed by atoms with E-state index in [0.717, 1.165) is 16.0 Å². The van der Waals surface area contributed by atoms with Crippen molar-refractivity contribution in [1.29, 1.82) is 0 Å². The van der Waals surface area contributed by atoms with Crippen LogP contribution in [-0.4, -0.2) is 26.6 Å². The van der Waals surface area contributed by atoms with Crippen molar-refractivity contribution in [3.8, 4) is 5.69 Å². The highest BCUT2D eigenvalue weighted by atomic mass is 19.1. The summed E-state index contributed by atoms with van der Waals surface area (Å²) < 4.78 is 14.5. The standard InChI is InChI=1S/C23H21FN4O3/c1-3-19-18(21(29)28(26-19)17-10-8-16(24)9-11-17)12-20-22(30)27(23(31)25-20)13-15-6-4-14(2)5-7-15/h4-12,26H,3,13H2,1-2H3,(H,25,31)/b20-12-. The largest absolute Gasteiger partial charge is 0.329 e. The summed E-state index contributed by atoms with van der Waals surface area (Å²) in [7, 11) is 0. The number of H-pyrrole nitrogens is 1. The van der Waals surface area contributed by atoms with Crippen LogP contribution >= 0.6 is 0 Å². The highest BCUT2D eigenvalue weighted by Crippen LogP contribution is 2.18. The Kier molecular flexibility index (Phi) is 5.29. The zero-order chi connectivity index (χ0) is 22.1. The van der Waals surface area contributed by atoms with Crippen molar-refractivity contribution in [2.24, 2.45) is 0 Å². The van der Waals surface area contributed by atoms with Gasteiger partial charge in [-0.15, -0.1) is 0 Å². The summed E-state index contributed by atoms with van der Waals surface area (Å²) in [4.78, 5) is 39.3. The summed E-state index contributed by atoms with van der Waals surface area (Å²) in [5, 5.41) is 5.55. The molecule has 2 heterocycles. The molecule has 1 fully saturated rings. The second-order valence-corrected chi connectivity index (χ2v) is 7.34. The molecule has 3 amide bonds. The second-order valence-electron chi connectivity index (χ2n) is 7.34. The Bertz CT molecular complexity index is 1240. The fourth-order valence-electron chi connectivity index (χ4n) is 3.42. The van der Waals surface area contributed by atoms with E-state index in [0.29, 0.717) is 17.8 Å². The molecule has 0 atom stereocenters. The number of hydrogen-bond acceptors (Lipinski definition) is 3. The first-order valence-electron chi connectivity index (χ1n) is 9.87. The fraction of sp³-hybridized carbons (Fsp3) is 0.174. The molecule has 0 spiro atoms. The maximum Gasteiger partial charge on any atom is 0.329 e. The molecule has 3 aromatic rings. The molecule has 158 valence electrons. The molecule has 0 unspecified atom stereocenters. The predicted octanol–water partition coefficient (Wildman–Crippen LogP) is 3.27. The molecule has 0 aliphatic carbocycles. The Labute approximate surface area is 177 Å². The Morgan fingerprint density at radius 3 is 2.32 bits per heavy atom. The van der Waals surface area contributed by atoms with Crippen molar-refractivity contribution in [3.05, 3.63) is 92.8 Å². The molecule has 1 saturated heterocycles. The molecule has 7 nitrogen and oxygen atoms in total. The van der Waals surface area contributed by atoms with E-state index in [1.807, 2.05) is 38.1 Å². The molecule has 4 rings (SSSR count). The summed E-state index contributed by atoms with van der Waals surface area (Å²) in [5.74, 6) is -0.907. The third kappa shape index (κ3) is 3.92. The highest BCUT2D eigenvalue weighted by molar-refractivity contribution is 6.13. The highest BCUT2D eigenvalue weighted by Gasteiger charge is 2.34. The topological polar surface area (TPSA) is 87.2 Å². The Balaban J connectivity index is 1.66. The van der Waals surface area contributed by atoms with Gasteiger partial charge in [0.2, 0.25) is 0 Å². The van der Waals surface area contributed by atoms with E-state index in [2.05, 4.69) is 10.4 Å². The van der Waals surface area contributed by atoms with Crippen LogP contribution in [0.15, 0.2) is 59.0 Å². The van der Waals surface area contributed by atoms with Crippen molar-refractivity contribution < 1.29 is 14.0 Å². The van der Waals surface area contributed by atoms with Gasteiger partial charge in [-0.3, -0.25) is 19.6 Å². The Morgan fingerprint density at radius 1 is 1.00 bits per heavy atom. The lowest BCUT2D eigenvalue weighted by atomic mass is 10.1. The molecular weight excluding hydrogens is 399 g/mol. The van der Waals surface area contributed by atoms with E-state index < -0.39 is 23.3 Å². The van der Waals surface area contributed by atoms with E-state index in [1.165, 1.54) is 35.0 Å². The van der Waals surface area contributed by atoms with Gasteiger partial charge in [0.15, 0.2) is 0 Å². The number of amides is 3. The molecule has 0 radical (unpaired) electrons. The summed E-state index contributed by atoms with van der Waals surface area (Å²) in [6.07, 6.45) is 1.89. The van der Waals surface area contributed by atoms with Crippen molar-refractivity contribution >= 4 is 18.0 Å². The summed E-state index contributed by atoms with van der Waals surface area (Å²) in [6, 6.07) is 12.5. The van der Waals surface area contributed by atoms with Gasteiger partial charge in [-0.05, 0) is 49.2 Å². The van der Waals surface area contributed by atoms with Gasteiger partial charge in [0.05, 0.1) is 17.8 Å². The van der Waals surface area contributed by atoms with Gasteiger partial charge < -0.3 is 5.32 Å². The molecule has 1 aliphatic heterocycles. The molecule has 1 aromatic heterocycles. The Morgan fingerprint density at radius 2 is 1.68 bits per heavy atom. The molecule has 31 heavy (non-hydrogen) atoms. The summed E-state index contributed by atoms with van der Waals surface area (Å²) in [6.45, 7) is 3.95. The van der Waals surface area contributed by atoms with Gasteiger partial charge >= 0.3 is 6.03 Å². The van der Waals surface area contributed by atoms with Gasteiger partial charge in [-0.1, -0.05) is 36.8 Å². The zero-order valence-electron chi connectivity index (χ0n) is 17.1.